The number of alkyl halides is 1. The lowest BCUT2D eigenvalue weighted by molar-refractivity contribution is 1.17. The molecule has 1 heterocycles. The highest BCUT2D eigenvalue weighted by atomic mass is 35.5. The summed E-state index contributed by atoms with van der Waals surface area (Å²) in [5.74, 6) is 1.32. The van der Waals surface area contributed by atoms with E-state index in [-0.39, 0.29) is 0 Å². The number of hydrogen-bond acceptors (Lipinski definition) is 3. The first-order valence-electron chi connectivity index (χ1n) is 4.56. The molecule has 0 aliphatic rings. The summed E-state index contributed by atoms with van der Waals surface area (Å²) in [5, 5.41) is 3.16. The number of nitrogens with zero attached hydrogens (tertiary/aromatic N) is 2. The molecule has 0 aliphatic heterocycles. The average Bonchev–Trinajstić information content (AvgIpc) is 2.31. The topological polar surface area (TPSA) is 37.8 Å². The summed E-state index contributed by atoms with van der Waals surface area (Å²) in [6.45, 7) is 0. The number of hydrogen-bond donors (Lipinski definition) is 1. The fourth-order valence-corrected chi connectivity index (χ4v) is 1.37. The average molecular weight is 220 g/mol. The number of aromatic nitrogens is 2. The van der Waals surface area contributed by atoms with Crippen molar-refractivity contribution < 1.29 is 0 Å². The molecule has 0 atom stereocenters. The molecule has 2 rings (SSSR count). The van der Waals surface area contributed by atoms with Crippen LogP contribution in [-0.4, -0.2) is 9.97 Å². The Hall–Kier alpha value is -1.61. The maximum Gasteiger partial charge on any atom is 0.133 e. The van der Waals surface area contributed by atoms with Gasteiger partial charge in [0, 0.05) is 17.8 Å². The molecule has 0 radical (unpaired) electrons. The Morgan fingerprint density at radius 1 is 1.13 bits per heavy atom. The zero-order chi connectivity index (χ0) is 10.5. The van der Waals surface area contributed by atoms with E-state index in [4.69, 9.17) is 11.6 Å². The molecule has 76 valence electrons. The van der Waals surface area contributed by atoms with Crippen molar-refractivity contribution in [3.63, 3.8) is 0 Å². The van der Waals surface area contributed by atoms with Crippen LogP contribution >= 0.6 is 11.6 Å². The minimum absolute atomic E-state index is 0.536. The Bertz CT molecular complexity index is 414. The molecular weight excluding hydrogens is 210 g/mol. The smallest absolute Gasteiger partial charge is 0.133 e. The molecule has 1 N–H and O–H groups in total. The van der Waals surface area contributed by atoms with Crippen LogP contribution in [0.15, 0.2) is 42.9 Å². The molecule has 0 saturated heterocycles. The maximum absolute atomic E-state index is 5.70. The number of rotatable bonds is 3. The van der Waals surface area contributed by atoms with Gasteiger partial charge in [-0.05, 0) is 23.8 Å². The molecule has 0 fully saturated rings. The SMILES string of the molecule is ClCc1ccc(Nc2ccncn2)cc1. The molecule has 15 heavy (non-hydrogen) atoms. The van der Waals surface area contributed by atoms with Gasteiger partial charge in [-0.15, -0.1) is 11.6 Å². The lowest BCUT2D eigenvalue weighted by Gasteiger charge is -2.04. The molecule has 0 saturated carbocycles. The van der Waals surface area contributed by atoms with E-state index in [2.05, 4.69) is 15.3 Å². The summed E-state index contributed by atoms with van der Waals surface area (Å²) >= 11 is 5.70. The van der Waals surface area contributed by atoms with Crippen molar-refractivity contribution in [2.75, 3.05) is 5.32 Å². The monoisotopic (exact) mass is 219 g/mol. The highest BCUT2D eigenvalue weighted by molar-refractivity contribution is 6.17. The van der Waals surface area contributed by atoms with Gasteiger partial charge in [-0.3, -0.25) is 0 Å². The summed E-state index contributed by atoms with van der Waals surface area (Å²) in [7, 11) is 0. The summed E-state index contributed by atoms with van der Waals surface area (Å²) < 4.78 is 0. The van der Waals surface area contributed by atoms with Crippen LogP contribution in [-0.2, 0) is 5.88 Å². The van der Waals surface area contributed by atoms with Crippen molar-refractivity contribution in [1.29, 1.82) is 0 Å². The van der Waals surface area contributed by atoms with E-state index in [1.807, 2.05) is 30.3 Å². The third-order valence-electron chi connectivity index (χ3n) is 1.96. The fraction of sp³-hybridized carbons (Fsp3) is 0.0909. The highest BCUT2D eigenvalue weighted by Crippen LogP contribution is 2.15. The summed E-state index contributed by atoms with van der Waals surface area (Å²) in [4.78, 5) is 7.91. The van der Waals surface area contributed by atoms with Crippen LogP contribution in [0.4, 0.5) is 11.5 Å². The first-order valence-corrected chi connectivity index (χ1v) is 5.10. The Morgan fingerprint density at radius 2 is 1.93 bits per heavy atom. The lowest BCUT2D eigenvalue weighted by Crippen LogP contribution is -1.93. The summed E-state index contributed by atoms with van der Waals surface area (Å²) in [5.41, 5.74) is 2.09. The second-order valence-corrected chi connectivity index (χ2v) is 3.32. The lowest BCUT2D eigenvalue weighted by atomic mass is 10.2. The van der Waals surface area contributed by atoms with Crippen LogP contribution in [0.2, 0.25) is 0 Å². The van der Waals surface area contributed by atoms with Gasteiger partial charge in [0.2, 0.25) is 0 Å². The molecule has 0 bridgehead atoms. The minimum Gasteiger partial charge on any atom is -0.340 e. The Labute approximate surface area is 93.1 Å². The van der Waals surface area contributed by atoms with Crippen molar-refractivity contribution in [1.82, 2.24) is 9.97 Å². The van der Waals surface area contributed by atoms with E-state index in [1.54, 1.807) is 6.20 Å². The van der Waals surface area contributed by atoms with Crippen molar-refractivity contribution in [3.05, 3.63) is 48.4 Å². The summed E-state index contributed by atoms with van der Waals surface area (Å²) in [6.07, 6.45) is 3.21. The highest BCUT2D eigenvalue weighted by Gasteiger charge is 1.95. The van der Waals surface area contributed by atoms with Gasteiger partial charge in [0.1, 0.15) is 12.1 Å². The molecule has 3 nitrogen and oxygen atoms in total. The summed E-state index contributed by atoms with van der Waals surface area (Å²) in [6, 6.07) is 9.72. The Kier molecular flexibility index (Phi) is 3.15. The molecule has 0 amide bonds. The zero-order valence-electron chi connectivity index (χ0n) is 8.02. The van der Waals surface area contributed by atoms with Crippen molar-refractivity contribution in [2.24, 2.45) is 0 Å². The minimum atomic E-state index is 0.536. The number of anilines is 2. The van der Waals surface area contributed by atoms with Crippen molar-refractivity contribution in [2.45, 2.75) is 5.88 Å². The molecule has 0 aliphatic carbocycles. The third-order valence-corrected chi connectivity index (χ3v) is 2.27. The van der Waals surface area contributed by atoms with E-state index in [0.29, 0.717) is 5.88 Å². The zero-order valence-corrected chi connectivity index (χ0v) is 8.78. The number of halogens is 1. The van der Waals surface area contributed by atoms with Crippen molar-refractivity contribution in [3.8, 4) is 0 Å². The van der Waals surface area contributed by atoms with Gasteiger partial charge in [-0.2, -0.15) is 0 Å². The molecule has 0 unspecified atom stereocenters. The van der Waals surface area contributed by atoms with Gasteiger partial charge < -0.3 is 5.32 Å². The number of benzene rings is 1. The first kappa shape index (κ1) is 9.93. The van der Waals surface area contributed by atoms with Crippen LogP contribution in [0.25, 0.3) is 0 Å². The Balaban J connectivity index is 2.11. The molecular formula is C11H10ClN3. The van der Waals surface area contributed by atoms with E-state index in [9.17, 15) is 0 Å². The molecule has 0 spiro atoms. The molecule has 4 heteroatoms. The van der Waals surface area contributed by atoms with Gasteiger partial charge in [-0.1, -0.05) is 12.1 Å². The standard InChI is InChI=1S/C11H10ClN3/c12-7-9-1-3-10(4-2-9)15-11-5-6-13-8-14-11/h1-6,8H,7H2,(H,13,14,15). The van der Waals surface area contributed by atoms with Crippen molar-refractivity contribution >= 4 is 23.1 Å². The van der Waals surface area contributed by atoms with Gasteiger partial charge in [0.15, 0.2) is 0 Å². The molecule has 2 aromatic rings. The largest absolute Gasteiger partial charge is 0.340 e. The Morgan fingerprint density at radius 3 is 2.53 bits per heavy atom. The van der Waals surface area contributed by atoms with E-state index >= 15 is 0 Å². The molecule has 1 aromatic carbocycles. The van der Waals surface area contributed by atoms with E-state index in [1.165, 1.54) is 6.33 Å². The quantitative estimate of drug-likeness (QED) is 0.807. The molecule has 1 aromatic heterocycles. The second kappa shape index (κ2) is 4.75. The van der Waals surface area contributed by atoms with Crippen LogP contribution in [0.3, 0.4) is 0 Å². The van der Waals surface area contributed by atoms with E-state index in [0.717, 1.165) is 17.1 Å². The predicted molar refractivity (Wildman–Crippen MR) is 61.3 cm³/mol. The normalized spacial score (nSPS) is 9.93. The fourth-order valence-electron chi connectivity index (χ4n) is 1.19. The van der Waals surface area contributed by atoms with Crippen LogP contribution < -0.4 is 5.32 Å². The van der Waals surface area contributed by atoms with Crippen LogP contribution in [0.5, 0.6) is 0 Å². The number of nitrogens with one attached hydrogen (secondary N) is 1. The van der Waals surface area contributed by atoms with Gasteiger partial charge in [-0.25, -0.2) is 9.97 Å². The van der Waals surface area contributed by atoms with Crippen LogP contribution in [0, 0.1) is 0 Å². The first-order chi connectivity index (χ1) is 7.38. The van der Waals surface area contributed by atoms with Crippen LogP contribution in [0.1, 0.15) is 5.56 Å². The second-order valence-electron chi connectivity index (χ2n) is 3.05. The predicted octanol–water partition coefficient (Wildman–Crippen LogP) is 2.96. The van der Waals surface area contributed by atoms with Gasteiger partial charge in [0.05, 0.1) is 0 Å². The maximum atomic E-state index is 5.70. The van der Waals surface area contributed by atoms with Gasteiger partial charge in [0.25, 0.3) is 0 Å². The van der Waals surface area contributed by atoms with Gasteiger partial charge >= 0.3 is 0 Å². The third kappa shape index (κ3) is 2.67. The van der Waals surface area contributed by atoms with E-state index < -0.39 is 0 Å².